The highest BCUT2D eigenvalue weighted by molar-refractivity contribution is 7.89. The number of aryl methyl sites for hydroxylation is 1. The Hall–Kier alpha value is -3.20. The SMILES string of the molecule is COc1ccc(C)cc1NC(=O)[C@@H]([NH2+]Cc1ccc(S(N)(=O)=O)cc1)c1ccccc1. The third-order valence-electron chi connectivity index (χ3n) is 4.90. The largest absolute Gasteiger partial charge is 0.495 e. The minimum atomic E-state index is -3.74. The molecule has 0 radical (unpaired) electrons. The van der Waals surface area contributed by atoms with Gasteiger partial charge in [-0.05, 0) is 36.8 Å². The Balaban J connectivity index is 1.81. The van der Waals surface area contributed by atoms with E-state index < -0.39 is 16.1 Å². The summed E-state index contributed by atoms with van der Waals surface area (Å²) in [7, 11) is -2.18. The molecule has 1 amide bonds. The summed E-state index contributed by atoms with van der Waals surface area (Å²) in [6, 6.07) is 20.9. The van der Waals surface area contributed by atoms with Crippen molar-refractivity contribution >= 4 is 21.6 Å². The van der Waals surface area contributed by atoms with Crippen molar-refractivity contribution in [3.63, 3.8) is 0 Å². The first kappa shape index (κ1) is 22.5. The zero-order valence-corrected chi connectivity index (χ0v) is 18.2. The summed E-state index contributed by atoms with van der Waals surface area (Å²) < 4.78 is 28.3. The van der Waals surface area contributed by atoms with Crippen LogP contribution < -0.4 is 20.5 Å². The Labute approximate surface area is 182 Å². The van der Waals surface area contributed by atoms with Gasteiger partial charge >= 0.3 is 0 Å². The smallest absolute Gasteiger partial charge is 0.287 e. The molecule has 3 aromatic rings. The Morgan fingerprint density at radius 1 is 1.06 bits per heavy atom. The molecule has 0 spiro atoms. The van der Waals surface area contributed by atoms with Gasteiger partial charge in [0.2, 0.25) is 10.0 Å². The summed E-state index contributed by atoms with van der Waals surface area (Å²) in [5.74, 6) is 0.403. The fraction of sp³-hybridized carbons (Fsp3) is 0.174. The Kier molecular flexibility index (Phi) is 7.06. The summed E-state index contributed by atoms with van der Waals surface area (Å²) in [6.45, 7) is 2.42. The lowest BCUT2D eigenvalue weighted by molar-refractivity contribution is -0.697. The first-order valence-electron chi connectivity index (χ1n) is 9.73. The fourth-order valence-corrected chi connectivity index (χ4v) is 3.77. The van der Waals surface area contributed by atoms with Gasteiger partial charge in [-0.3, -0.25) is 4.79 Å². The van der Waals surface area contributed by atoms with Crippen LogP contribution in [0.4, 0.5) is 5.69 Å². The topological polar surface area (TPSA) is 115 Å². The molecule has 0 saturated heterocycles. The predicted octanol–water partition coefficient (Wildman–Crippen LogP) is 2.09. The Morgan fingerprint density at radius 2 is 1.74 bits per heavy atom. The number of primary sulfonamides is 1. The van der Waals surface area contributed by atoms with Crippen LogP contribution in [0.3, 0.4) is 0 Å². The third kappa shape index (κ3) is 5.91. The van der Waals surface area contributed by atoms with E-state index in [4.69, 9.17) is 9.88 Å². The highest BCUT2D eigenvalue weighted by Crippen LogP contribution is 2.26. The highest BCUT2D eigenvalue weighted by atomic mass is 32.2. The van der Waals surface area contributed by atoms with Crippen molar-refractivity contribution < 1.29 is 23.3 Å². The first-order chi connectivity index (χ1) is 14.8. The molecule has 0 aliphatic carbocycles. The van der Waals surface area contributed by atoms with E-state index in [0.29, 0.717) is 18.0 Å². The number of anilines is 1. The minimum Gasteiger partial charge on any atom is -0.495 e. The third-order valence-corrected chi connectivity index (χ3v) is 5.82. The second-order valence-electron chi connectivity index (χ2n) is 7.21. The van der Waals surface area contributed by atoms with E-state index in [2.05, 4.69) is 5.32 Å². The molecule has 5 N–H and O–H groups in total. The van der Waals surface area contributed by atoms with Gasteiger partial charge in [-0.25, -0.2) is 13.6 Å². The van der Waals surface area contributed by atoms with Crippen LogP contribution in [0.5, 0.6) is 5.75 Å². The summed E-state index contributed by atoms with van der Waals surface area (Å²) in [5.41, 5.74) is 3.34. The minimum absolute atomic E-state index is 0.0557. The number of hydrogen-bond donors (Lipinski definition) is 3. The second kappa shape index (κ2) is 9.74. The maximum Gasteiger partial charge on any atom is 0.287 e. The zero-order chi connectivity index (χ0) is 22.4. The van der Waals surface area contributed by atoms with Crippen LogP contribution in [0, 0.1) is 6.92 Å². The van der Waals surface area contributed by atoms with E-state index in [-0.39, 0.29) is 10.8 Å². The lowest BCUT2D eigenvalue weighted by Gasteiger charge is -2.17. The molecule has 3 aromatic carbocycles. The molecular weight excluding hydrogens is 414 g/mol. The van der Waals surface area contributed by atoms with Crippen molar-refractivity contribution in [3.05, 3.63) is 89.5 Å². The van der Waals surface area contributed by atoms with Gasteiger partial charge < -0.3 is 15.4 Å². The van der Waals surface area contributed by atoms with Crippen molar-refractivity contribution in [2.24, 2.45) is 5.14 Å². The average molecular weight is 441 g/mol. The van der Waals surface area contributed by atoms with E-state index in [1.165, 1.54) is 12.1 Å². The van der Waals surface area contributed by atoms with Gasteiger partial charge in [0.15, 0.2) is 6.04 Å². The molecule has 0 saturated carbocycles. The number of benzene rings is 3. The lowest BCUT2D eigenvalue weighted by Crippen LogP contribution is -2.85. The predicted molar refractivity (Wildman–Crippen MR) is 119 cm³/mol. The van der Waals surface area contributed by atoms with E-state index in [9.17, 15) is 13.2 Å². The van der Waals surface area contributed by atoms with Crippen molar-refractivity contribution in [1.82, 2.24) is 0 Å². The van der Waals surface area contributed by atoms with Gasteiger partial charge in [-0.15, -0.1) is 0 Å². The first-order valence-corrected chi connectivity index (χ1v) is 11.3. The van der Waals surface area contributed by atoms with Gasteiger partial charge in [0.25, 0.3) is 5.91 Å². The van der Waals surface area contributed by atoms with Gasteiger partial charge in [-0.2, -0.15) is 0 Å². The number of hydrogen-bond acceptors (Lipinski definition) is 4. The van der Waals surface area contributed by atoms with Crippen molar-refractivity contribution in [1.29, 1.82) is 0 Å². The van der Waals surface area contributed by atoms with Crippen LogP contribution in [0.25, 0.3) is 0 Å². The molecule has 0 unspecified atom stereocenters. The standard InChI is InChI=1S/C23H25N3O4S/c1-16-8-13-21(30-2)20(14-16)26-23(27)22(18-6-4-3-5-7-18)25-15-17-9-11-19(12-10-17)31(24,28)29/h3-14,22,25H,15H2,1-2H3,(H,26,27)(H2,24,28,29)/p+1/t22-/m0/s1. The van der Waals surface area contributed by atoms with Gasteiger partial charge in [0, 0.05) is 11.1 Å². The van der Waals surface area contributed by atoms with Crippen LogP contribution in [0.1, 0.15) is 22.7 Å². The molecule has 0 aromatic heterocycles. The number of nitrogens with two attached hydrogens (primary N) is 2. The quantitative estimate of drug-likeness (QED) is 0.497. The Morgan fingerprint density at radius 3 is 2.35 bits per heavy atom. The molecule has 0 aliphatic rings. The summed E-state index contributed by atoms with van der Waals surface area (Å²) in [5, 5.41) is 10.0. The molecule has 162 valence electrons. The maximum atomic E-state index is 13.2. The van der Waals surface area contributed by atoms with Crippen LogP contribution in [-0.2, 0) is 21.4 Å². The molecule has 0 fully saturated rings. The molecule has 31 heavy (non-hydrogen) atoms. The van der Waals surface area contributed by atoms with Crippen LogP contribution in [0.2, 0.25) is 0 Å². The molecule has 3 rings (SSSR count). The summed E-state index contributed by atoms with van der Waals surface area (Å²) in [4.78, 5) is 13.3. The van der Waals surface area contributed by atoms with Crippen LogP contribution in [0.15, 0.2) is 77.7 Å². The van der Waals surface area contributed by atoms with Gasteiger partial charge in [0.1, 0.15) is 12.3 Å². The van der Waals surface area contributed by atoms with Crippen molar-refractivity contribution in [2.45, 2.75) is 24.4 Å². The molecule has 0 heterocycles. The molecule has 1 atom stereocenters. The number of quaternary nitrogens is 1. The summed E-state index contributed by atoms with van der Waals surface area (Å²) >= 11 is 0. The van der Waals surface area contributed by atoms with E-state index in [0.717, 1.165) is 16.7 Å². The van der Waals surface area contributed by atoms with Gasteiger partial charge in [0.05, 0.1) is 17.7 Å². The highest BCUT2D eigenvalue weighted by Gasteiger charge is 2.25. The Bertz CT molecular complexity index is 1150. The number of ether oxygens (including phenoxy) is 1. The molecule has 0 bridgehead atoms. The number of nitrogens with one attached hydrogen (secondary N) is 1. The summed E-state index contributed by atoms with van der Waals surface area (Å²) in [6.07, 6.45) is 0. The lowest BCUT2D eigenvalue weighted by atomic mass is 10.1. The number of rotatable bonds is 8. The average Bonchev–Trinajstić information content (AvgIpc) is 2.74. The van der Waals surface area contributed by atoms with Crippen LogP contribution in [-0.4, -0.2) is 21.4 Å². The van der Waals surface area contributed by atoms with Crippen molar-refractivity contribution in [2.75, 3.05) is 12.4 Å². The monoisotopic (exact) mass is 440 g/mol. The normalized spacial score (nSPS) is 12.2. The van der Waals surface area contributed by atoms with E-state index in [1.54, 1.807) is 19.2 Å². The van der Waals surface area contributed by atoms with E-state index >= 15 is 0 Å². The number of methoxy groups -OCH3 is 1. The molecular formula is C23H26N3O4S+. The zero-order valence-electron chi connectivity index (χ0n) is 17.4. The second-order valence-corrected chi connectivity index (χ2v) is 8.77. The van der Waals surface area contributed by atoms with Crippen molar-refractivity contribution in [3.8, 4) is 5.75 Å². The maximum absolute atomic E-state index is 13.2. The number of carbonyl (C=O) groups excluding carboxylic acids is 1. The number of carbonyl (C=O) groups is 1. The molecule has 8 heteroatoms. The van der Waals surface area contributed by atoms with Crippen LogP contribution >= 0.6 is 0 Å². The number of amides is 1. The fourth-order valence-electron chi connectivity index (χ4n) is 3.25. The molecule has 0 aliphatic heterocycles. The van der Waals surface area contributed by atoms with Gasteiger partial charge in [-0.1, -0.05) is 48.5 Å². The number of sulfonamides is 1. The van der Waals surface area contributed by atoms with E-state index in [1.807, 2.05) is 60.8 Å². The molecule has 7 nitrogen and oxygen atoms in total.